The summed E-state index contributed by atoms with van der Waals surface area (Å²) >= 11 is 7.51. The first kappa shape index (κ1) is 20.1. The molecule has 0 saturated heterocycles. The molecule has 1 aliphatic carbocycles. The number of esters is 1. The molecule has 2 rings (SSSR count). The highest BCUT2D eigenvalue weighted by atomic mass is 35.5. The molecule has 6 heteroatoms. The summed E-state index contributed by atoms with van der Waals surface area (Å²) in [6.45, 7) is 1.99. The van der Waals surface area contributed by atoms with Crippen LogP contribution in [-0.4, -0.2) is 30.3 Å². The van der Waals surface area contributed by atoms with E-state index in [0.29, 0.717) is 23.8 Å². The van der Waals surface area contributed by atoms with E-state index in [2.05, 4.69) is 12.2 Å². The molecule has 138 valence electrons. The van der Waals surface area contributed by atoms with Gasteiger partial charge in [-0.1, -0.05) is 31.4 Å². The fourth-order valence-electron chi connectivity index (χ4n) is 2.93. The van der Waals surface area contributed by atoms with Gasteiger partial charge < -0.3 is 10.1 Å². The average Bonchev–Trinajstić information content (AvgIpc) is 2.60. The minimum atomic E-state index is -0.316. The van der Waals surface area contributed by atoms with E-state index in [1.54, 1.807) is 11.8 Å². The Balaban J connectivity index is 1.55. The molecule has 1 saturated carbocycles. The Labute approximate surface area is 159 Å². The molecule has 0 bridgehead atoms. The zero-order valence-corrected chi connectivity index (χ0v) is 16.2. The van der Waals surface area contributed by atoms with Crippen molar-refractivity contribution in [1.82, 2.24) is 5.32 Å². The van der Waals surface area contributed by atoms with Crippen LogP contribution in [0.25, 0.3) is 0 Å². The lowest BCUT2D eigenvalue weighted by Gasteiger charge is -2.29. The molecular formula is C19H26ClNO3S. The second-order valence-electron chi connectivity index (χ2n) is 6.50. The standard InChI is InChI=1S/C19H26ClNO3S/c1-14-5-2-3-6-17(14)21-18(22)13-24-19(23)7-4-12-25-16-10-8-15(20)9-11-16/h8-11,14,17H,2-7,12-13H2,1H3,(H,21,22)/t14-,17+/m0/s1. The minimum absolute atomic E-state index is 0.174. The highest BCUT2D eigenvalue weighted by Crippen LogP contribution is 2.23. The Morgan fingerprint density at radius 2 is 1.96 bits per heavy atom. The van der Waals surface area contributed by atoms with Gasteiger partial charge >= 0.3 is 5.97 Å². The second-order valence-corrected chi connectivity index (χ2v) is 8.11. The number of rotatable bonds is 8. The van der Waals surface area contributed by atoms with E-state index in [0.717, 1.165) is 29.9 Å². The Bertz CT molecular complexity index is 564. The van der Waals surface area contributed by atoms with E-state index < -0.39 is 0 Å². The van der Waals surface area contributed by atoms with Crippen LogP contribution >= 0.6 is 23.4 Å². The smallest absolute Gasteiger partial charge is 0.306 e. The number of carbonyl (C=O) groups excluding carboxylic acids is 2. The van der Waals surface area contributed by atoms with Crippen molar-refractivity contribution in [3.63, 3.8) is 0 Å². The van der Waals surface area contributed by atoms with Crippen LogP contribution in [0, 0.1) is 5.92 Å². The van der Waals surface area contributed by atoms with Crippen molar-refractivity contribution >= 4 is 35.2 Å². The monoisotopic (exact) mass is 383 g/mol. The summed E-state index contributed by atoms with van der Waals surface area (Å²) in [4.78, 5) is 24.8. The molecule has 1 fully saturated rings. The van der Waals surface area contributed by atoms with Crippen LogP contribution < -0.4 is 5.32 Å². The maximum Gasteiger partial charge on any atom is 0.306 e. The van der Waals surface area contributed by atoms with Crippen molar-refractivity contribution in [1.29, 1.82) is 0 Å². The fraction of sp³-hybridized carbons (Fsp3) is 0.579. The molecule has 0 spiro atoms. The highest BCUT2D eigenvalue weighted by Gasteiger charge is 2.23. The van der Waals surface area contributed by atoms with E-state index in [-0.39, 0.29) is 24.5 Å². The first-order valence-electron chi connectivity index (χ1n) is 8.88. The van der Waals surface area contributed by atoms with Gasteiger partial charge in [-0.25, -0.2) is 0 Å². The van der Waals surface area contributed by atoms with Gasteiger partial charge in [0.25, 0.3) is 5.91 Å². The number of hydrogen-bond donors (Lipinski definition) is 1. The molecule has 1 N–H and O–H groups in total. The largest absolute Gasteiger partial charge is 0.456 e. The van der Waals surface area contributed by atoms with Crippen LogP contribution in [-0.2, 0) is 14.3 Å². The van der Waals surface area contributed by atoms with Crippen LogP contribution in [0.1, 0.15) is 45.4 Å². The first-order valence-corrected chi connectivity index (χ1v) is 10.2. The molecule has 1 aromatic carbocycles. The summed E-state index contributed by atoms with van der Waals surface area (Å²) in [5.74, 6) is 0.812. The number of thioether (sulfide) groups is 1. The molecule has 0 heterocycles. The van der Waals surface area contributed by atoms with Crippen LogP contribution in [0.4, 0.5) is 0 Å². The number of ether oxygens (including phenoxy) is 1. The van der Waals surface area contributed by atoms with E-state index >= 15 is 0 Å². The van der Waals surface area contributed by atoms with Gasteiger partial charge in [0.2, 0.25) is 0 Å². The van der Waals surface area contributed by atoms with Gasteiger partial charge in [0.15, 0.2) is 6.61 Å². The average molecular weight is 384 g/mol. The topological polar surface area (TPSA) is 55.4 Å². The van der Waals surface area contributed by atoms with Crippen LogP contribution in [0.15, 0.2) is 29.2 Å². The zero-order valence-electron chi connectivity index (χ0n) is 14.6. The third kappa shape index (κ3) is 7.70. The summed E-state index contributed by atoms with van der Waals surface area (Å²) in [5.41, 5.74) is 0. The molecule has 1 aromatic rings. The molecule has 25 heavy (non-hydrogen) atoms. The Morgan fingerprint density at radius 1 is 1.24 bits per heavy atom. The highest BCUT2D eigenvalue weighted by molar-refractivity contribution is 7.99. The minimum Gasteiger partial charge on any atom is -0.456 e. The lowest BCUT2D eigenvalue weighted by molar-refractivity contribution is -0.148. The van der Waals surface area contributed by atoms with Gasteiger partial charge in [-0.2, -0.15) is 0 Å². The van der Waals surface area contributed by atoms with Gasteiger partial charge in [-0.05, 0) is 55.2 Å². The van der Waals surface area contributed by atoms with Crippen molar-refractivity contribution in [3.05, 3.63) is 29.3 Å². The second kappa shape index (κ2) is 10.7. The number of nitrogens with one attached hydrogen (secondary N) is 1. The molecule has 0 radical (unpaired) electrons. The normalized spacial score (nSPS) is 20.1. The number of amides is 1. The lowest BCUT2D eigenvalue weighted by atomic mass is 9.86. The maximum absolute atomic E-state index is 11.9. The molecule has 1 amide bonds. The number of halogens is 1. The third-order valence-electron chi connectivity index (χ3n) is 4.43. The predicted molar refractivity (Wildman–Crippen MR) is 102 cm³/mol. The lowest BCUT2D eigenvalue weighted by Crippen LogP contribution is -2.42. The first-order chi connectivity index (χ1) is 12.0. The van der Waals surface area contributed by atoms with E-state index in [1.165, 1.54) is 6.42 Å². The van der Waals surface area contributed by atoms with Gasteiger partial charge in [0.1, 0.15) is 0 Å². The third-order valence-corrected chi connectivity index (χ3v) is 5.78. The Hall–Kier alpha value is -1.20. The van der Waals surface area contributed by atoms with E-state index in [9.17, 15) is 9.59 Å². The van der Waals surface area contributed by atoms with E-state index in [1.807, 2.05) is 24.3 Å². The molecule has 4 nitrogen and oxygen atoms in total. The van der Waals surface area contributed by atoms with Crippen LogP contribution in [0.5, 0.6) is 0 Å². The van der Waals surface area contributed by atoms with Gasteiger partial charge in [0.05, 0.1) is 0 Å². The Morgan fingerprint density at radius 3 is 2.68 bits per heavy atom. The number of benzene rings is 1. The molecule has 0 unspecified atom stereocenters. The maximum atomic E-state index is 11.9. The van der Waals surface area contributed by atoms with Crippen molar-refractivity contribution in [3.8, 4) is 0 Å². The van der Waals surface area contributed by atoms with Crippen molar-refractivity contribution in [2.45, 2.75) is 56.4 Å². The number of hydrogen-bond acceptors (Lipinski definition) is 4. The zero-order chi connectivity index (χ0) is 18.1. The summed E-state index contributed by atoms with van der Waals surface area (Å²) in [7, 11) is 0. The van der Waals surface area contributed by atoms with Gasteiger partial charge in [-0.3, -0.25) is 9.59 Å². The molecule has 0 aromatic heterocycles. The van der Waals surface area contributed by atoms with Gasteiger partial charge in [0, 0.05) is 22.4 Å². The number of carbonyl (C=O) groups is 2. The molecule has 2 atom stereocenters. The molecular weight excluding hydrogens is 358 g/mol. The van der Waals surface area contributed by atoms with Crippen molar-refractivity contribution < 1.29 is 14.3 Å². The Kier molecular flexibility index (Phi) is 8.62. The fourth-order valence-corrected chi connectivity index (χ4v) is 3.91. The van der Waals surface area contributed by atoms with Gasteiger partial charge in [-0.15, -0.1) is 11.8 Å². The van der Waals surface area contributed by atoms with Crippen LogP contribution in [0.2, 0.25) is 5.02 Å². The SMILES string of the molecule is C[C@H]1CCCC[C@H]1NC(=O)COC(=O)CCCSc1ccc(Cl)cc1. The molecule has 1 aliphatic rings. The van der Waals surface area contributed by atoms with Crippen molar-refractivity contribution in [2.75, 3.05) is 12.4 Å². The van der Waals surface area contributed by atoms with Crippen molar-refractivity contribution in [2.24, 2.45) is 5.92 Å². The quantitative estimate of drug-likeness (QED) is 0.409. The van der Waals surface area contributed by atoms with E-state index in [4.69, 9.17) is 16.3 Å². The summed E-state index contributed by atoms with van der Waals surface area (Å²) in [6.07, 6.45) is 5.59. The van der Waals surface area contributed by atoms with Crippen LogP contribution in [0.3, 0.4) is 0 Å². The summed E-state index contributed by atoms with van der Waals surface area (Å²) in [6, 6.07) is 7.84. The molecule has 0 aliphatic heterocycles. The predicted octanol–water partition coefficient (Wildman–Crippen LogP) is 4.45. The summed E-state index contributed by atoms with van der Waals surface area (Å²) < 4.78 is 5.07. The summed E-state index contributed by atoms with van der Waals surface area (Å²) in [5, 5.41) is 3.70.